The zero-order valence-electron chi connectivity index (χ0n) is 32.0. The van der Waals surface area contributed by atoms with E-state index in [0.29, 0.717) is 16.7 Å². The molecule has 0 saturated heterocycles. The molecular formula is C43H45ClF2N2O8. The van der Waals surface area contributed by atoms with E-state index in [9.17, 15) is 32.8 Å². The second-order valence-corrected chi connectivity index (χ2v) is 13.1. The molecule has 0 bridgehead atoms. The number of amides is 2. The summed E-state index contributed by atoms with van der Waals surface area (Å²) in [6.07, 6.45) is 5.56. The molecule has 0 aliphatic heterocycles. The monoisotopic (exact) mass is 790 g/mol. The molecule has 296 valence electrons. The first-order valence-electron chi connectivity index (χ1n) is 17.6. The number of aryl methyl sites for hydroxylation is 1. The van der Waals surface area contributed by atoms with Crippen LogP contribution in [0.5, 0.6) is 0 Å². The standard InChI is InChI=1S/C43H45ClF2N2O8/c1-8-11-14-32(44)25-28(4)43(40(52)54-9-2,41(53)55-10-3)27-56-37(49)24-18-29-17-23-36(35(26-29)39(51)48(6)7)47-38(50)34-16-13-12-15-33(34)30-19-21-31(22-20-30)42(5,45)46/h8,11-17,19-23,25-26H,1,4,9-10,18,24,27H2,2-3,5-7H3,(H,47,50)/b14-11-,32-25+. The molecule has 2 amide bonds. The zero-order valence-corrected chi connectivity index (χ0v) is 32.7. The number of nitrogens with zero attached hydrogens (tertiary/aromatic N) is 1. The smallest absolute Gasteiger partial charge is 0.331 e. The normalized spacial score (nSPS) is 11.8. The number of benzene rings is 3. The summed E-state index contributed by atoms with van der Waals surface area (Å²) in [7, 11) is 3.09. The maximum absolute atomic E-state index is 13.8. The van der Waals surface area contributed by atoms with Gasteiger partial charge >= 0.3 is 17.9 Å². The predicted octanol–water partition coefficient (Wildman–Crippen LogP) is 8.43. The van der Waals surface area contributed by atoms with Crippen LogP contribution >= 0.6 is 11.6 Å². The number of alkyl halides is 2. The second kappa shape index (κ2) is 20.2. The number of nitrogens with one attached hydrogen (secondary N) is 1. The van der Waals surface area contributed by atoms with Gasteiger partial charge in [0.05, 0.1) is 24.5 Å². The molecule has 1 N–H and O–H groups in total. The molecule has 3 aromatic rings. The Morgan fingerprint density at radius 3 is 2.09 bits per heavy atom. The average molecular weight is 791 g/mol. The van der Waals surface area contributed by atoms with Crippen molar-refractivity contribution in [1.29, 1.82) is 0 Å². The van der Waals surface area contributed by atoms with E-state index in [0.717, 1.165) is 6.92 Å². The van der Waals surface area contributed by atoms with E-state index in [4.69, 9.17) is 25.8 Å². The number of halogens is 3. The van der Waals surface area contributed by atoms with Gasteiger partial charge in [-0.1, -0.05) is 85.4 Å². The first kappa shape index (κ1) is 44.5. The van der Waals surface area contributed by atoms with Crippen LogP contribution in [-0.2, 0) is 40.9 Å². The van der Waals surface area contributed by atoms with Gasteiger partial charge in [0.15, 0.2) is 0 Å². The summed E-state index contributed by atoms with van der Waals surface area (Å²) in [6.45, 7) is 10.4. The summed E-state index contributed by atoms with van der Waals surface area (Å²) in [5.74, 6) is -6.88. The highest BCUT2D eigenvalue weighted by molar-refractivity contribution is 6.31. The number of hydrogen-bond acceptors (Lipinski definition) is 8. The minimum Gasteiger partial charge on any atom is -0.465 e. The Morgan fingerprint density at radius 1 is 0.893 bits per heavy atom. The maximum Gasteiger partial charge on any atom is 0.331 e. The van der Waals surface area contributed by atoms with Crippen LogP contribution in [0.1, 0.15) is 59.0 Å². The van der Waals surface area contributed by atoms with Crippen LogP contribution in [0, 0.1) is 5.41 Å². The number of ether oxygens (including phenoxy) is 3. The highest BCUT2D eigenvalue weighted by atomic mass is 35.5. The largest absolute Gasteiger partial charge is 0.465 e. The van der Waals surface area contributed by atoms with Crippen molar-refractivity contribution in [3.8, 4) is 11.1 Å². The fourth-order valence-electron chi connectivity index (χ4n) is 5.41. The van der Waals surface area contributed by atoms with Gasteiger partial charge in [-0.15, -0.1) is 0 Å². The van der Waals surface area contributed by atoms with Gasteiger partial charge in [0.25, 0.3) is 17.7 Å². The van der Waals surface area contributed by atoms with Crippen LogP contribution in [0.4, 0.5) is 14.5 Å². The SMILES string of the molecule is C=C/C=C\C(Cl)=C/C(=C)C(COC(=O)CCc1ccc(NC(=O)c2ccccc2-c2ccc(C(C)(F)F)cc2)c(C(=O)N(C)C)c1)(C(=O)OCC)C(=O)OCC. The number of allylic oxidation sites excluding steroid dienone is 5. The van der Waals surface area contributed by atoms with Crippen molar-refractivity contribution in [2.45, 2.75) is 39.5 Å². The quantitative estimate of drug-likeness (QED) is 0.0589. The topological polar surface area (TPSA) is 128 Å². The molecule has 0 atom stereocenters. The number of hydrogen-bond donors (Lipinski definition) is 1. The van der Waals surface area contributed by atoms with Gasteiger partial charge in [-0.3, -0.25) is 24.0 Å². The molecule has 56 heavy (non-hydrogen) atoms. The van der Waals surface area contributed by atoms with E-state index in [1.165, 1.54) is 65.6 Å². The Labute approximate surface area is 330 Å². The molecule has 0 spiro atoms. The van der Waals surface area contributed by atoms with Gasteiger partial charge in [0.1, 0.15) is 6.61 Å². The van der Waals surface area contributed by atoms with Crippen molar-refractivity contribution in [3.05, 3.63) is 137 Å². The van der Waals surface area contributed by atoms with E-state index in [1.807, 2.05) is 0 Å². The lowest BCUT2D eigenvalue weighted by Gasteiger charge is -2.29. The van der Waals surface area contributed by atoms with E-state index in [1.54, 1.807) is 58.3 Å². The average Bonchev–Trinajstić information content (AvgIpc) is 3.16. The molecule has 3 aromatic carbocycles. The molecule has 0 unspecified atom stereocenters. The first-order valence-corrected chi connectivity index (χ1v) is 18.0. The molecule has 0 fully saturated rings. The lowest BCUT2D eigenvalue weighted by Crippen LogP contribution is -2.47. The highest BCUT2D eigenvalue weighted by Gasteiger charge is 2.52. The summed E-state index contributed by atoms with van der Waals surface area (Å²) in [5.41, 5.74) is -0.415. The van der Waals surface area contributed by atoms with Crippen molar-refractivity contribution >= 4 is 47.0 Å². The van der Waals surface area contributed by atoms with Crippen molar-refractivity contribution in [3.63, 3.8) is 0 Å². The van der Waals surface area contributed by atoms with E-state index in [2.05, 4.69) is 18.5 Å². The molecule has 0 aliphatic rings. The summed E-state index contributed by atoms with van der Waals surface area (Å²) in [5, 5.41) is 2.90. The van der Waals surface area contributed by atoms with E-state index in [-0.39, 0.29) is 59.0 Å². The van der Waals surface area contributed by atoms with Crippen molar-refractivity contribution in [2.75, 3.05) is 39.2 Å². The Morgan fingerprint density at radius 2 is 1.52 bits per heavy atom. The van der Waals surface area contributed by atoms with Crippen LogP contribution in [-0.4, -0.2) is 68.5 Å². The lowest BCUT2D eigenvalue weighted by atomic mass is 9.81. The Kier molecular flexibility index (Phi) is 16.0. The lowest BCUT2D eigenvalue weighted by molar-refractivity contribution is -0.174. The fraction of sp³-hybridized carbons (Fsp3) is 0.279. The number of anilines is 1. The number of rotatable bonds is 18. The molecule has 0 radical (unpaired) electrons. The van der Waals surface area contributed by atoms with Crippen LogP contribution in [0.3, 0.4) is 0 Å². The first-order chi connectivity index (χ1) is 26.5. The van der Waals surface area contributed by atoms with Crippen LogP contribution in [0.2, 0.25) is 0 Å². The zero-order chi connectivity index (χ0) is 41.6. The van der Waals surface area contributed by atoms with Gasteiger partial charge < -0.3 is 24.4 Å². The van der Waals surface area contributed by atoms with Gasteiger partial charge in [-0.2, -0.15) is 0 Å². The summed E-state index contributed by atoms with van der Waals surface area (Å²) in [4.78, 5) is 68.1. The Hall–Kier alpha value is -5.88. The minimum absolute atomic E-state index is 0.0707. The molecule has 13 heteroatoms. The minimum atomic E-state index is -3.02. The van der Waals surface area contributed by atoms with E-state index >= 15 is 0 Å². The molecule has 0 aliphatic carbocycles. The third-order valence-corrected chi connectivity index (χ3v) is 8.65. The summed E-state index contributed by atoms with van der Waals surface area (Å²) in [6, 6.07) is 17.0. The van der Waals surface area contributed by atoms with Gasteiger partial charge in [0.2, 0.25) is 5.41 Å². The molecule has 0 heterocycles. The number of carbonyl (C=O) groups is 5. The van der Waals surface area contributed by atoms with Crippen molar-refractivity contribution in [1.82, 2.24) is 4.90 Å². The Balaban J connectivity index is 1.86. The molecule has 10 nitrogen and oxygen atoms in total. The highest BCUT2D eigenvalue weighted by Crippen LogP contribution is 2.34. The van der Waals surface area contributed by atoms with Gasteiger partial charge in [0, 0.05) is 43.6 Å². The van der Waals surface area contributed by atoms with Gasteiger partial charge in [-0.05, 0) is 72.9 Å². The third kappa shape index (κ3) is 11.3. The van der Waals surface area contributed by atoms with Crippen molar-refractivity contribution in [2.24, 2.45) is 5.41 Å². The molecule has 3 rings (SSSR count). The summed E-state index contributed by atoms with van der Waals surface area (Å²) >= 11 is 6.26. The summed E-state index contributed by atoms with van der Waals surface area (Å²) < 4.78 is 43.5. The molecular weight excluding hydrogens is 746 g/mol. The van der Waals surface area contributed by atoms with Crippen LogP contribution < -0.4 is 5.32 Å². The van der Waals surface area contributed by atoms with E-state index < -0.39 is 47.7 Å². The van der Waals surface area contributed by atoms with Gasteiger partial charge in [-0.25, -0.2) is 8.78 Å². The van der Waals surface area contributed by atoms with Crippen molar-refractivity contribution < 1.29 is 47.0 Å². The maximum atomic E-state index is 13.8. The fourth-order valence-corrected chi connectivity index (χ4v) is 5.61. The molecule has 0 saturated carbocycles. The van der Waals surface area contributed by atoms with Crippen LogP contribution in [0.15, 0.2) is 115 Å². The predicted molar refractivity (Wildman–Crippen MR) is 211 cm³/mol. The molecule has 0 aromatic heterocycles. The number of carbonyl (C=O) groups excluding carboxylic acids is 5. The Bertz CT molecular complexity index is 2000. The van der Waals surface area contributed by atoms with Crippen LogP contribution in [0.25, 0.3) is 11.1 Å². The second-order valence-electron chi connectivity index (χ2n) is 12.7. The number of esters is 3. The third-order valence-electron chi connectivity index (χ3n) is 8.41.